The summed E-state index contributed by atoms with van der Waals surface area (Å²) < 4.78 is 10.5. The lowest BCUT2D eigenvalue weighted by Crippen LogP contribution is -2.27. The third-order valence-corrected chi connectivity index (χ3v) is 4.57. The number of fused-ring (bicyclic) bond motifs is 1. The fraction of sp³-hybridized carbons (Fsp3) is 0.444. The molecule has 122 valence electrons. The second kappa shape index (κ2) is 6.44. The number of nitrogens with zero attached hydrogens (tertiary/aromatic N) is 1. The van der Waals surface area contributed by atoms with Gasteiger partial charge in [0.2, 0.25) is 5.91 Å². The van der Waals surface area contributed by atoms with Crippen molar-refractivity contribution in [2.24, 2.45) is 5.92 Å². The summed E-state index contributed by atoms with van der Waals surface area (Å²) in [5.74, 6) is 1.85. The highest BCUT2D eigenvalue weighted by atomic mass is 16.5. The molecule has 23 heavy (non-hydrogen) atoms. The van der Waals surface area contributed by atoms with Crippen molar-refractivity contribution >= 4 is 11.7 Å². The van der Waals surface area contributed by atoms with Gasteiger partial charge in [-0.2, -0.15) is 0 Å². The van der Waals surface area contributed by atoms with E-state index in [2.05, 4.69) is 0 Å². The topological polar surface area (TPSA) is 55.8 Å². The predicted molar refractivity (Wildman–Crippen MR) is 85.4 cm³/mol. The molecule has 5 heteroatoms. The van der Waals surface area contributed by atoms with Crippen molar-refractivity contribution in [1.29, 1.82) is 0 Å². The zero-order valence-electron chi connectivity index (χ0n) is 13.5. The molecule has 2 aliphatic rings. The number of ether oxygens (including phenoxy) is 2. The van der Waals surface area contributed by atoms with E-state index in [0.717, 1.165) is 17.7 Å². The normalized spacial score (nSPS) is 20.3. The maximum Gasteiger partial charge on any atom is 0.227 e. The number of ketones is 1. The van der Waals surface area contributed by atoms with Crippen LogP contribution in [0.25, 0.3) is 0 Å². The molecule has 1 atom stereocenters. The number of likely N-dealkylation sites (tertiary alicyclic amines) is 1. The molecule has 1 heterocycles. The fourth-order valence-corrected chi connectivity index (χ4v) is 3.32. The summed E-state index contributed by atoms with van der Waals surface area (Å²) in [5.41, 5.74) is 1.98. The van der Waals surface area contributed by atoms with Crippen molar-refractivity contribution in [1.82, 2.24) is 4.90 Å². The minimum Gasteiger partial charge on any atom is -0.493 e. The number of carbonyl (C=O) groups is 2. The van der Waals surface area contributed by atoms with Gasteiger partial charge in [-0.05, 0) is 30.5 Å². The number of rotatable bonds is 5. The summed E-state index contributed by atoms with van der Waals surface area (Å²) in [5, 5.41) is 0. The van der Waals surface area contributed by atoms with Crippen LogP contribution < -0.4 is 9.47 Å². The second-order valence-electron chi connectivity index (χ2n) is 5.96. The first-order valence-corrected chi connectivity index (χ1v) is 7.88. The summed E-state index contributed by atoms with van der Waals surface area (Å²) in [6.07, 6.45) is 4.26. The lowest BCUT2D eigenvalue weighted by molar-refractivity contribution is -0.126. The fourth-order valence-electron chi connectivity index (χ4n) is 3.32. The van der Waals surface area contributed by atoms with Gasteiger partial charge >= 0.3 is 0 Å². The number of hydrogen-bond acceptors (Lipinski definition) is 4. The Hall–Kier alpha value is -2.30. The minimum atomic E-state index is 0.122. The first kappa shape index (κ1) is 15.6. The molecule has 0 bridgehead atoms. The number of hydrogen-bond donors (Lipinski definition) is 0. The Morgan fingerprint density at radius 2 is 1.96 bits per heavy atom. The third-order valence-electron chi connectivity index (χ3n) is 4.57. The molecule has 5 nitrogen and oxygen atoms in total. The lowest BCUT2D eigenvalue weighted by Gasteiger charge is -2.23. The molecule has 1 aliphatic heterocycles. The molecule has 1 saturated heterocycles. The highest BCUT2D eigenvalue weighted by Gasteiger charge is 2.37. The minimum absolute atomic E-state index is 0.122. The molecule has 0 aromatic heterocycles. The molecule has 0 radical (unpaired) electrons. The Morgan fingerprint density at radius 1 is 1.17 bits per heavy atom. The third kappa shape index (κ3) is 3.09. The van der Waals surface area contributed by atoms with Crippen molar-refractivity contribution < 1.29 is 19.1 Å². The number of allylic oxidation sites excluding steroid dienone is 2. The van der Waals surface area contributed by atoms with E-state index in [-0.39, 0.29) is 17.6 Å². The highest BCUT2D eigenvalue weighted by Crippen LogP contribution is 2.36. The van der Waals surface area contributed by atoms with E-state index in [1.807, 2.05) is 18.2 Å². The van der Waals surface area contributed by atoms with E-state index in [4.69, 9.17) is 9.47 Å². The van der Waals surface area contributed by atoms with E-state index < -0.39 is 0 Å². The van der Waals surface area contributed by atoms with Gasteiger partial charge in [-0.1, -0.05) is 6.07 Å². The molecule has 1 aromatic rings. The Morgan fingerprint density at radius 3 is 2.70 bits per heavy atom. The van der Waals surface area contributed by atoms with E-state index in [0.29, 0.717) is 37.3 Å². The van der Waals surface area contributed by atoms with Crippen LogP contribution in [0.3, 0.4) is 0 Å². The first-order chi connectivity index (χ1) is 11.1. The van der Waals surface area contributed by atoms with Gasteiger partial charge in [0.05, 0.1) is 14.2 Å². The summed E-state index contributed by atoms with van der Waals surface area (Å²) in [6.45, 7) is 0.587. The van der Waals surface area contributed by atoms with Crippen molar-refractivity contribution in [3.8, 4) is 11.5 Å². The number of amides is 1. The van der Waals surface area contributed by atoms with E-state index in [1.165, 1.54) is 0 Å². The van der Waals surface area contributed by atoms with Gasteiger partial charge in [0.15, 0.2) is 17.3 Å². The summed E-state index contributed by atoms with van der Waals surface area (Å²) >= 11 is 0. The van der Waals surface area contributed by atoms with Crippen LogP contribution in [-0.2, 0) is 16.0 Å². The summed E-state index contributed by atoms with van der Waals surface area (Å²) in [6, 6.07) is 5.77. The van der Waals surface area contributed by atoms with E-state index >= 15 is 0 Å². The Balaban J connectivity index is 1.72. The van der Waals surface area contributed by atoms with Gasteiger partial charge in [-0.25, -0.2) is 0 Å². The van der Waals surface area contributed by atoms with Gasteiger partial charge < -0.3 is 14.4 Å². The van der Waals surface area contributed by atoms with Crippen LogP contribution in [0.5, 0.6) is 11.5 Å². The Bertz CT molecular complexity index is 665. The largest absolute Gasteiger partial charge is 0.493 e. The van der Waals surface area contributed by atoms with Gasteiger partial charge in [-0.3, -0.25) is 9.59 Å². The van der Waals surface area contributed by atoms with Gasteiger partial charge in [-0.15, -0.1) is 0 Å². The lowest BCUT2D eigenvalue weighted by atomic mass is 9.92. The molecule has 1 aliphatic carbocycles. The van der Waals surface area contributed by atoms with Gasteiger partial charge in [0.1, 0.15) is 0 Å². The first-order valence-electron chi connectivity index (χ1n) is 7.88. The molecule has 1 aromatic carbocycles. The molecule has 0 N–H and O–H groups in total. The number of benzene rings is 1. The average Bonchev–Trinajstić information content (AvgIpc) is 2.87. The molecular formula is C18H21NO4. The quantitative estimate of drug-likeness (QED) is 0.837. The zero-order valence-corrected chi connectivity index (χ0v) is 13.5. The maximum absolute atomic E-state index is 12.2. The maximum atomic E-state index is 12.2. The van der Waals surface area contributed by atoms with Gasteiger partial charge in [0, 0.05) is 37.1 Å². The Labute approximate surface area is 135 Å². The van der Waals surface area contributed by atoms with Crippen LogP contribution in [0.2, 0.25) is 0 Å². The van der Waals surface area contributed by atoms with E-state index in [1.54, 1.807) is 25.2 Å². The predicted octanol–water partition coefficient (Wildman–Crippen LogP) is 2.34. The SMILES string of the molecule is COc1ccc(CCN2C(=O)CC3CCC(=O)C=C32)cc1OC. The van der Waals surface area contributed by atoms with Crippen molar-refractivity contribution in [2.45, 2.75) is 25.7 Å². The molecule has 1 amide bonds. The Kier molecular flexibility index (Phi) is 4.37. The standard InChI is InChI=1S/C18H21NO4/c1-22-16-6-3-12(9-17(16)23-2)7-8-19-15-11-14(20)5-4-13(15)10-18(19)21/h3,6,9,11,13H,4-5,7-8,10H2,1-2H3. The highest BCUT2D eigenvalue weighted by molar-refractivity contribution is 5.94. The van der Waals surface area contributed by atoms with Gasteiger partial charge in [0.25, 0.3) is 0 Å². The molecule has 3 rings (SSSR count). The van der Waals surface area contributed by atoms with Crippen LogP contribution in [0.4, 0.5) is 0 Å². The summed E-state index contributed by atoms with van der Waals surface area (Å²) in [7, 11) is 3.21. The second-order valence-corrected chi connectivity index (χ2v) is 5.96. The zero-order chi connectivity index (χ0) is 16.4. The van der Waals surface area contributed by atoms with Crippen LogP contribution in [0.15, 0.2) is 30.0 Å². The van der Waals surface area contributed by atoms with Crippen LogP contribution in [0.1, 0.15) is 24.8 Å². The van der Waals surface area contributed by atoms with Crippen molar-refractivity contribution in [3.63, 3.8) is 0 Å². The van der Waals surface area contributed by atoms with Crippen LogP contribution in [0, 0.1) is 5.92 Å². The molecule has 1 fully saturated rings. The van der Waals surface area contributed by atoms with Crippen LogP contribution in [-0.4, -0.2) is 37.4 Å². The molecule has 0 saturated carbocycles. The average molecular weight is 315 g/mol. The monoisotopic (exact) mass is 315 g/mol. The summed E-state index contributed by atoms with van der Waals surface area (Å²) in [4.78, 5) is 25.6. The van der Waals surface area contributed by atoms with Crippen LogP contribution >= 0.6 is 0 Å². The van der Waals surface area contributed by atoms with Crippen molar-refractivity contribution in [3.05, 3.63) is 35.5 Å². The molecule has 0 spiro atoms. The molecular weight excluding hydrogens is 294 g/mol. The van der Waals surface area contributed by atoms with Crippen molar-refractivity contribution in [2.75, 3.05) is 20.8 Å². The smallest absolute Gasteiger partial charge is 0.227 e. The number of methoxy groups -OCH3 is 2. The molecule has 1 unspecified atom stereocenters. The number of carbonyl (C=O) groups excluding carboxylic acids is 2. The van der Waals surface area contributed by atoms with E-state index in [9.17, 15) is 9.59 Å².